The van der Waals surface area contributed by atoms with E-state index in [0.29, 0.717) is 5.56 Å². The van der Waals surface area contributed by atoms with Crippen molar-refractivity contribution in [1.82, 2.24) is 0 Å². The fraction of sp³-hybridized carbons (Fsp3) is 0.476. The van der Waals surface area contributed by atoms with Crippen LogP contribution in [0.5, 0.6) is 0 Å². The molecule has 0 atom stereocenters. The molecule has 1 aromatic carbocycles. The molecule has 1 aromatic heterocycles. The van der Waals surface area contributed by atoms with E-state index in [1.54, 1.807) is 0 Å². The monoisotopic (exact) mass is 299 g/mol. The Morgan fingerprint density at radius 2 is 1.59 bits per heavy atom. The van der Waals surface area contributed by atoms with Gasteiger partial charge < -0.3 is 0 Å². The molecule has 0 radical (unpaired) electrons. The van der Waals surface area contributed by atoms with Crippen molar-refractivity contribution in [3.8, 4) is 11.3 Å². The molecule has 0 aliphatic rings. The summed E-state index contributed by atoms with van der Waals surface area (Å²) >= 11 is 0. The normalized spacial score (nSPS) is 14.3. The molecule has 1 heterocycles. The summed E-state index contributed by atoms with van der Waals surface area (Å²) < 4.78 is 26.3. The maximum atomic E-state index is 8.05. The van der Waals surface area contributed by atoms with Gasteiger partial charge in [0.2, 0.25) is 5.69 Å². The predicted octanol–water partition coefficient (Wildman–Crippen LogP) is 5.26. The first-order valence-corrected chi connectivity index (χ1v) is 8.31. The van der Waals surface area contributed by atoms with Crippen LogP contribution in [0.3, 0.4) is 0 Å². The van der Waals surface area contributed by atoms with Gasteiger partial charge in [0.1, 0.15) is 7.05 Å². The molecule has 0 N–H and O–H groups in total. The van der Waals surface area contributed by atoms with Crippen LogP contribution in [0.25, 0.3) is 11.3 Å². The zero-order valence-electron chi connectivity index (χ0n) is 17.5. The third kappa shape index (κ3) is 2.69. The van der Waals surface area contributed by atoms with E-state index >= 15 is 0 Å². The second-order valence-electron chi connectivity index (χ2n) is 6.20. The first-order valence-electron chi connectivity index (χ1n) is 9.81. The molecule has 0 spiro atoms. The van der Waals surface area contributed by atoms with Gasteiger partial charge >= 0.3 is 0 Å². The van der Waals surface area contributed by atoms with Crippen LogP contribution >= 0.6 is 0 Å². The first kappa shape index (κ1) is 12.9. The average Bonchev–Trinajstić information content (AvgIpc) is 2.57. The molecular formula is C21H30N+. The summed E-state index contributed by atoms with van der Waals surface area (Å²) in [6, 6.07) is 12.0. The van der Waals surface area contributed by atoms with Gasteiger partial charge in [0.15, 0.2) is 5.69 Å². The molecule has 22 heavy (non-hydrogen) atoms. The van der Waals surface area contributed by atoms with E-state index in [2.05, 4.69) is 44.4 Å². The molecule has 0 fully saturated rings. The fourth-order valence-electron chi connectivity index (χ4n) is 3.68. The minimum Gasteiger partial charge on any atom is -0.198 e. The summed E-state index contributed by atoms with van der Waals surface area (Å²) in [6.45, 7) is 6.48. The molecule has 0 unspecified atom stereocenters. The van der Waals surface area contributed by atoms with E-state index in [9.17, 15) is 0 Å². The lowest BCUT2D eigenvalue weighted by Crippen LogP contribution is -2.45. The zero-order chi connectivity index (χ0) is 18.8. The molecule has 2 aromatic rings. The van der Waals surface area contributed by atoms with Crippen LogP contribution in [0.4, 0.5) is 0 Å². The summed E-state index contributed by atoms with van der Waals surface area (Å²) in [5, 5.41) is 0. The number of hydrogen-bond acceptors (Lipinski definition) is 0. The average molecular weight is 299 g/mol. The number of aromatic nitrogens is 1. The molecule has 0 amide bonds. The molecule has 0 saturated heterocycles. The number of pyridine rings is 1. The second kappa shape index (κ2) is 6.64. The summed E-state index contributed by atoms with van der Waals surface area (Å²) in [7, 11) is 2.02. The Morgan fingerprint density at radius 1 is 0.955 bits per heavy atom. The number of benzene rings is 1. The zero-order valence-corrected chi connectivity index (χ0v) is 14.5. The molecule has 1 heteroatoms. The lowest BCUT2D eigenvalue weighted by molar-refractivity contribution is -0.672. The highest BCUT2D eigenvalue weighted by molar-refractivity contribution is 5.61. The lowest BCUT2D eigenvalue weighted by Gasteiger charge is -2.29. The van der Waals surface area contributed by atoms with Crippen LogP contribution in [-0.4, -0.2) is 0 Å². The highest BCUT2D eigenvalue weighted by Gasteiger charge is 2.36. The maximum Gasteiger partial charge on any atom is 0.212 e. The Morgan fingerprint density at radius 3 is 2.14 bits per heavy atom. The van der Waals surface area contributed by atoms with Gasteiger partial charge in [-0.15, -0.1) is 0 Å². The topological polar surface area (TPSA) is 3.88 Å². The van der Waals surface area contributed by atoms with Crippen LogP contribution in [0.1, 0.15) is 61.0 Å². The minimum absolute atomic E-state index is 0.128. The van der Waals surface area contributed by atoms with E-state index in [1.165, 1.54) is 5.56 Å². The van der Waals surface area contributed by atoms with Gasteiger partial charge in [-0.1, -0.05) is 39.0 Å². The Bertz CT molecular complexity index is 735. The highest BCUT2D eigenvalue weighted by Crippen LogP contribution is 2.35. The number of nitrogens with zero attached hydrogens (tertiary/aromatic N) is 1. The lowest BCUT2D eigenvalue weighted by atomic mass is 9.74. The van der Waals surface area contributed by atoms with Crippen molar-refractivity contribution in [1.29, 1.82) is 0 Å². The third-order valence-corrected chi connectivity index (χ3v) is 5.31. The van der Waals surface area contributed by atoms with E-state index < -0.39 is 6.85 Å². The van der Waals surface area contributed by atoms with Crippen molar-refractivity contribution in [3.63, 3.8) is 0 Å². The summed E-state index contributed by atoms with van der Waals surface area (Å²) in [5.74, 6) is 0. The molecule has 118 valence electrons. The first-order chi connectivity index (χ1) is 11.7. The number of aryl methyl sites for hydroxylation is 2. The Kier molecular flexibility index (Phi) is 3.89. The highest BCUT2D eigenvalue weighted by atomic mass is 15.0. The van der Waals surface area contributed by atoms with Crippen molar-refractivity contribution >= 4 is 0 Å². The van der Waals surface area contributed by atoms with Gasteiger partial charge in [-0.25, -0.2) is 0 Å². The van der Waals surface area contributed by atoms with E-state index in [0.717, 1.165) is 36.2 Å². The molecule has 0 saturated carbocycles. The quantitative estimate of drug-likeness (QED) is 0.663. The van der Waals surface area contributed by atoms with Gasteiger partial charge in [-0.3, -0.25) is 0 Å². The third-order valence-electron chi connectivity index (χ3n) is 5.31. The molecule has 0 bridgehead atoms. The Hall–Kier alpha value is -1.63. The van der Waals surface area contributed by atoms with Crippen LogP contribution in [0.15, 0.2) is 36.4 Å². The molecular weight excluding hydrogens is 266 g/mol. The number of rotatable bonds is 5. The van der Waals surface area contributed by atoms with Crippen molar-refractivity contribution in [2.24, 2.45) is 7.05 Å². The van der Waals surface area contributed by atoms with Crippen molar-refractivity contribution in [3.05, 3.63) is 53.2 Å². The summed E-state index contributed by atoms with van der Waals surface area (Å²) in [4.78, 5) is 0. The Labute approximate surface area is 140 Å². The van der Waals surface area contributed by atoms with Gasteiger partial charge in [0.05, 0.1) is 5.41 Å². The van der Waals surface area contributed by atoms with Crippen LogP contribution in [0.2, 0.25) is 0 Å². The molecule has 0 aliphatic heterocycles. The second-order valence-corrected chi connectivity index (χ2v) is 6.20. The maximum absolute atomic E-state index is 8.05. The predicted molar refractivity (Wildman–Crippen MR) is 95.1 cm³/mol. The largest absolute Gasteiger partial charge is 0.212 e. The minimum atomic E-state index is -2.11. The molecule has 0 aliphatic carbocycles. The fourth-order valence-corrected chi connectivity index (χ4v) is 3.68. The molecule has 1 nitrogen and oxygen atoms in total. The van der Waals surface area contributed by atoms with Gasteiger partial charge in [-0.2, -0.15) is 4.57 Å². The molecule has 2 rings (SSSR count). The van der Waals surface area contributed by atoms with Crippen LogP contribution in [0, 0.1) is 13.8 Å². The smallest absolute Gasteiger partial charge is 0.198 e. The SMILES string of the molecule is [2H]C([2H])([2H])c1ccc(-c2ccccc2C)[n+](C)c1C(CC)(CC)CC. The van der Waals surface area contributed by atoms with Crippen LogP contribution < -0.4 is 4.57 Å². The van der Waals surface area contributed by atoms with Gasteiger partial charge in [-0.05, 0) is 50.7 Å². The van der Waals surface area contributed by atoms with Crippen molar-refractivity contribution < 1.29 is 8.68 Å². The van der Waals surface area contributed by atoms with E-state index in [-0.39, 0.29) is 5.41 Å². The number of hydrogen-bond donors (Lipinski definition) is 0. The summed E-state index contributed by atoms with van der Waals surface area (Å²) in [6.07, 6.45) is 2.77. The Balaban J connectivity index is 2.87. The van der Waals surface area contributed by atoms with Crippen molar-refractivity contribution in [2.75, 3.05) is 0 Å². The summed E-state index contributed by atoms with van der Waals surface area (Å²) in [5.41, 5.74) is 4.73. The van der Waals surface area contributed by atoms with Gasteiger partial charge in [0.25, 0.3) is 0 Å². The van der Waals surface area contributed by atoms with E-state index in [1.807, 2.05) is 31.3 Å². The standard InChI is InChI=1S/C21H30N/c1-7-21(8-2,9-3)20-17(5)14-15-19(22(20)6)18-13-11-10-12-16(18)4/h10-15H,7-9H2,1-6H3/q+1/i5D3. The van der Waals surface area contributed by atoms with E-state index in [4.69, 9.17) is 4.11 Å². The van der Waals surface area contributed by atoms with Gasteiger partial charge in [0, 0.05) is 21.3 Å². The van der Waals surface area contributed by atoms with Crippen molar-refractivity contribution in [2.45, 2.75) is 59.2 Å². The van der Waals surface area contributed by atoms with Crippen LogP contribution in [-0.2, 0) is 12.5 Å².